The Hall–Kier alpha value is -0.780. The highest BCUT2D eigenvalue weighted by Gasteiger charge is 1.96. The van der Waals surface area contributed by atoms with E-state index in [1.807, 2.05) is 0 Å². The van der Waals surface area contributed by atoms with Crippen LogP contribution in [0.4, 0.5) is 0 Å². The summed E-state index contributed by atoms with van der Waals surface area (Å²) < 4.78 is 0. The van der Waals surface area contributed by atoms with Crippen LogP contribution < -0.4 is 0 Å². The molecule has 0 rings (SSSR count). The molecule has 0 amide bonds. The van der Waals surface area contributed by atoms with E-state index in [2.05, 4.69) is 13.8 Å². The van der Waals surface area contributed by atoms with E-state index < -0.39 is 0 Å². The summed E-state index contributed by atoms with van der Waals surface area (Å²) in [6.07, 6.45) is 34.3. The van der Waals surface area contributed by atoms with Gasteiger partial charge in [0.25, 0.3) is 0 Å². The molecule has 0 aliphatic carbocycles. The van der Waals surface area contributed by atoms with Gasteiger partial charge in [-0.15, -0.1) is 0 Å². The van der Waals surface area contributed by atoms with Crippen LogP contribution in [0.25, 0.3) is 0 Å². The zero-order chi connectivity index (χ0) is 25.5. The lowest BCUT2D eigenvalue weighted by Gasteiger charge is -2.02. The molecular formula is C32H70O5. The maximum Gasteiger partial charge on any atom is 0.129 e. The summed E-state index contributed by atoms with van der Waals surface area (Å²) in [6, 6.07) is 0. The Morgan fingerprint density at radius 3 is 0.649 bits per heavy atom. The Morgan fingerprint density at radius 1 is 0.324 bits per heavy atom. The molecule has 0 aromatic carbocycles. The fraction of sp³-hybridized carbons (Fsp3) is 0.938. The zero-order valence-electron chi connectivity index (χ0n) is 25.7. The van der Waals surface area contributed by atoms with Gasteiger partial charge in [0.15, 0.2) is 0 Å². The zero-order valence-corrected chi connectivity index (χ0v) is 25.7. The Bertz CT molecular complexity index is 374. The number of hydrogen-bond donors (Lipinski definition) is 0. The molecule has 0 spiro atoms. The number of rotatable bonds is 26. The third-order valence-corrected chi connectivity index (χ3v) is 6.76. The molecule has 6 N–H and O–H groups in total. The van der Waals surface area contributed by atoms with E-state index in [1.165, 1.54) is 141 Å². The molecule has 5 nitrogen and oxygen atoms in total. The number of carbonyl (C=O) groups excluding carboxylic acids is 2. The lowest BCUT2D eigenvalue weighted by molar-refractivity contribution is -0.117. The predicted molar refractivity (Wildman–Crippen MR) is 164 cm³/mol. The highest BCUT2D eigenvalue weighted by molar-refractivity contribution is 5.75. The number of hydrogen-bond acceptors (Lipinski definition) is 2. The van der Waals surface area contributed by atoms with E-state index in [4.69, 9.17) is 0 Å². The van der Waals surface area contributed by atoms with Gasteiger partial charge in [-0.1, -0.05) is 155 Å². The molecule has 0 fully saturated rings. The van der Waals surface area contributed by atoms with E-state index in [0.29, 0.717) is 11.6 Å². The van der Waals surface area contributed by atoms with Crippen LogP contribution in [0.5, 0.6) is 0 Å². The summed E-state index contributed by atoms with van der Waals surface area (Å²) in [5.74, 6) is 0.689. The molecule has 0 aromatic heterocycles. The molecule has 0 heterocycles. The summed E-state index contributed by atoms with van der Waals surface area (Å²) in [5.41, 5.74) is 0. The van der Waals surface area contributed by atoms with Crippen LogP contribution in [0.2, 0.25) is 0 Å². The average molecular weight is 535 g/mol. The maximum absolute atomic E-state index is 10.7. The number of Topliss-reactive ketones (excluding diaryl/α,β-unsaturated/α-hetero) is 2. The van der Waals surface area contributed by atoms with Crippen molar-refractivity contribution < 1.29 is 26.0 Å². The Labute approximate surface area is 232 Å². The third-order valence-electron chi connectivity index (χ3n) is 6.76. The Kier molecular flexibility index (Phi) is 52.7. The monoisotopic (exact) mass is 535 g/mol. The van der Waals surface area contributed by atoms with Gasteiger partial charge in [-0.05, 0) is 26.7 Å². The SMILES string of the molecule is CCCCCCCCCCCCCCC(C)=O.CCCCCCCCCCCCCCC(C)=O.O.O.O. The highest BCUT2D eigenvalue weighted by Crippen LogP contribution is 2.13. The van der Waals surface area contributed by atoms with Gasteiger partial charge in [0, 0.05) is 12.8 Å². The van der Waals surface area contributed by atoms with Crippen LogP contribution in [0.1, 0.15) is 195 Å². The van der Waals surface area contributed by atoms with Gasteiger partial charge >= 0.3 is 0 Å². The summed E-state index contributed by atoms with van der Waals surface area (Å²) in [6.45, 7) is 7.93. The molecule has 37 heavy (non-hydrogen) atoms. The van der Waals surface area contributed by atoms with Gasteiger partial charge in [0.2, 0.25) is 0 Å². The van der Waals surface area contributed by atoms with Crippen LogP contribution in [0.15, 0.2) is 0 Å². The molecule has 0 aliphatic heterocycles. The van der Waals surface area contributed by atoms with Crippen molar-refractivity contribution in [3.8, 4) is 0 Å². The molecule has 0 saturated carbocycles. The van der Waals surface area contributed by atoms with Crippen molar-refractivity contribution in [2.45, 2.75) is 195 Å². The number of carbonyl (C=O) groups is 2. The second-order valence-electron chi connectivity index (χ2n) is 10.7. The summed E-state index contributed by atoms with van der Waals surface area (Å²) in [4.78, 5) is 21.5. The molecule has 228 valence electrons. The van der Waals surface area contributed by atoms with Crippen molar-refractivity contribution in [1.82, 2.24) is 0 Å². The van der Waals surface area contributed by atoms with Crippen molar-refractivity contribution in [3.05, 3.63) is 0 Å². The van der Waals surface area contributed by atoms with Crippen LogP contribution in [0, 0.1) is 0 Å². The predicted octanol–water partition coefficient (Wildman–Crippen LogP) is 8.86. The van der Waals surface area contributed by atoms with Crippen LogP contribution in [-0.2, 0) is 9.59 Å². The minimum absolute atomic E-state index is 0. The Balaban J connectivity index is -0.000000171. The van der Waals surface area contributed by atoms with Crippen molar-refractivity contribution >= 4 is 11.6 Å². The van der Waals surface area contributed by atoms with Crippen molar-refractivity contribution in [3.63, 3.8) is 0 Å². The quantitative estimate of drug-likeness (QED) is 0.103. The first-order chi connectivity index (χ1) is 16.5. The number of unbranched alkanes of at least 4 members (excludes halogenated alkanes) is 22. The number of ketones is 2. The fourth-order valence-electron chi connectivity index (χ4n) is 4.43. The summed E-state index contributed by atoms with van der Waals surface area (Å²) in [5, 5.41) is 0. The van der Waals surface area contributed by atoms with Crippen molar-refractivity contribution in [2.24, 2.45) is 0 Å². The van der Waals surface area contributed by atoms with E-state index in [9.17, 15) is 9.59 Å². The molecule has 0 aromatic rings. The van der Waals surface area contributed by atoms with Gasteiger partial charge in [-0.2, -0.15) is 0 Å². The molecule has 5 heteroatoms. The average Bonchev–Trinajstić information content (AvgIpc) is 2.80. The smallest absolute Gasteiger partial charge is 0.129 e. The van der Waals surface area contributed by atoms with E-state index in [1.54, 1.807) is 13.8 Å². The molecule has 0 unspecified atom stereocenters. The first-order valence-corrected chi connectivity index (χ1v) is 15.5. The second kappa shape index (κ2) is 42.3. The molecule has 0 saturated heterocycles. The summed E-state index contributed by atoms with van der Waals surface area (Å²) >= 11 is 0. The van der Waals surface area contributed by atoms with Crippen LogP contribution in [0.3, 0.4) is 0 Å². The van der Waals surface area contributed by atoms with Gasteiger partial charge in [0.05, 0.1) is 0 Å². The van der Waals surface area contributed by atoms with Gasteiger partial charge in [-0.3, -0.25) is 0 Å². The largest absolute Gasteiger partial charge is 0.412 e. The van der Waals surface area contributed by atoms with E-state index in [-0.39, 0.29) is 16.4 Å². The minimum Gasteiger partial charge on any atom is -0.412 e. The highest BCUT2D eigenvalue weighted by atomic mass is 16.1. The first kappa shape index (κ1) is 46.1. The van der Waals surface area contributed by atoms with E-state index in [0.717, 1.165) is 25.7 Å². The standard InChI is InChI=1S/2C16H32O.3H2O/c2*1-3-4-5-6-7-8-9-10-11-12-13-14-15-16(2)17;;;/h2*3-15H2,1-2H3;3*1H2. The van der Waals surface area contributed by atoms with Gasteiger partial charge < -0.3 is 26.0 Å². The molecular weight excluding hydrogens is 464 g/mol. The van der Waals surface area contributed by atoms with Crippen molar-refractivity contribution in [2.75, 3.05) is 0 Å². The second-order valence-corrected chi connectivity index (χ2v) is 10.7. The van der Waals surface area contributed by atoms with Gasteiger partial charge in [-0.25, -0.2) is 0 Å². The first-order valence-electron chi connectivity index (χ1n) is 15.5. The minimum atomic E-state index is 0. The topological polar surface area (TPSA) is 129 Å². The van der Waals surface area contributed by atoms with Crippen LogP contribution >= 0.6 is 0 Å². The third kappa shape index (κ3) is 52.5. The van der Waals surface area contributed by atoms with Crippen LogP contribution in [-0.4, -0.2) is 28.0 Å². The van der Waals surface area contributed by atoms with Crippen molar-refractivity contribution in [1.29, 1.82) is 0 Å². The normalized spacial score (nSPS) is 9.84. The summed E-state index contributed by atoms with van der Waals surface area (Å²) in [7, 11) is 0. The molecule has 0 radical (unpaired) electrons. The lowest BCUT2D eigenvalue weighted by atomic mass is 10.0. The lowest BCUT2D eigenvalue weighted by Crippen LogP contribution is -1.89. The molecule has 0 atom stereocenters. The van der Waals surface area contributed by atoms with E-state index >= 15 is 0 Å². The molecule has 0 bridgehead atoms. The Morgan fingerprint density at radius 2 is 0.486 bits per heavy atom. The van der Waals surface area contributed by atoms with Gasteiger partial charge in [0.1, 0.15) is 11.6 Å². The molecule has 0 aliphatic rings. The fourth-order valence-corrected chi connectivity index (χ4v) is 4.43. The maximum atomic E-state index is 10.7.